The number of hydrogen-bond acceptors (Lipinski definition) is 3. The van der Waals surface area contributed by atoms with Crippen molar-refractivity contribution in [2.45, 2.75) is 53.2 Å². The zero-order valence-corrected chi connectivity index (χ0v) is 13.5. The van der Waals surface area contributed by atoms with E-state index in [1.165, 1.54) is 0 Å². The Morgan fingerprint density at radius 2 is 2.05 bits per heavy atom. The first-order valence-corrected chi connectivity index (χ1v) is 7.15. The molecule has 5 heteroatoms. The quantitative estimate of drug-likeness (QED) is 0.935. The molecular formula is C15H22ClN3O. The van der Waals surface area contributed by atoms with Gasteiger partial charge in [0, 0.05) is 11.1 Å². The maximum absolute atomic E-state index is 6.02. The van der Waals surface area contributed by atoms with E-state index in [4.69, 9.17) is 16.0 Å². The molecule has 20 heavy (non-hydrogen) atoms. The summed E-state index contributed by atoms with van der Waals surface area (Å²) in [6.45, 7) is 11.8. The summed E-state index contributed by atoms with van der Waals surface area (Å²) < 4.78 is 7.68. The highest BCUT2D eigenvalue weighted by molar-refractivity contribution is 6.31. The smallest absolute Gasteiger partial charge is 0.118 e. The van der Waals surface area contributed by atoms with Crippen LogP contribution in [0.5, 0.6) is 0 Å². The van der Waals surface area contributed by atoms with Crippen LogP contribution >= 0.6 is 11.6 Å². The average Bonchev–Trinajstić information content (AvgIpc) is 2.84. The molecule has 0 fully saturated rings. The molecule has 110 valence electrons. The van der Waals surface area contributed by atoms with E-state index in [9.17, 15) is 0 Å². The van der Waals surface area contributed by atoms with Crippen LogP contribution in [0.25, 0.3) is 0 Å². The fourth-order valence-electron chi connectivity index (χ4n) is 1.93. The molecule has 0 spiro atoms. The van der Waals surface area contributed by atoms with Crippen LogP contribution in [0.1, 0.15) is 43.5 Å². The van der Waals surface area contributed by atoms with Crippen LogP contribution in [-0.4, -0.2) is 15.3 Å². The van der Waals surface area contributed by atoms with E-state index in [0.29, 0.717) is 11.6 Å². The molecule has 2 aromatic rings. The Kier molecular flexibility index (Phi) is 4.25. The van der Waals surface area contributed by atoms with Gasteiger partial charge in [-0.3, -0.25) is 4.68 Å². The fourth-order valence-corrected chi connectivity index (χ4v) is 2.07. The number of hydrogen-bond donors (Lipinski definition) is 1. The minimum Gasteiger partial charge on any atom is -0.465 e. The second kappa shape index (κ2) is 5.62. The molecule has 0 atom stereocenters. The first kappa shape index (κ1) is 15.1. The number of nitrogens with zero attached hydrogens (tertiary/aromatic N) is 2. The van der Waals surface area contributed by atoms with Crippen molar-refractivity contribution in [3.8, 4) is 0 Å². The molecule has 0 aliphatic rings. The molecule has 0 aliphatic carbocycles. The zero-order valence-electron chi connectivity index (χ0n) is 12.7. The Morgan fingerprint density at radius 3 is 2.60 bits per heavy atom. The van der Waals surface area contributed by atoms with Crippen LogP contribution in [0.3, 0.4) is 0 Å². The lowest BCUT2D eigenvalue weighted by molar-refractivity contribution is 0.382. The molecule has 2 aromatic heterocycles. The second-order valence-corrected chi connectivity index (χ2v) is 6.54. The minimum absolute atomic E-state index is 0.0763. The lowest BCUT2D eigenvalue weighted by Crippen LogP contribution is -2.34. The van der Waals surface area contributed by atoms with Gasteiger partial charge in [-0.1, -0.05) is 11.6 Å². The van der Waals surface area contributed by atoms with Crippen molar-refractivity contribution in [1.82, 2.24) is 15.1 Å². The van der Waals surface area contributed by atoms with Crippen molar-refractivity contribution >= 4 is 11.6 Å². The summed E-state index contributed by atoms with van der Waals surface area (Å²) in [5.74, 6) is 1.88. The summed E-state index contributed by atoms with van der Waals surface area (Å²) >= 11 is 6.02. The minimum atomic E-state index is 0.0763. The highest BCUT2D eigenvalue weighted by Gasteiger charge is 2.13. The normalized spacial score (nSPS) is 12.1. The third-order valence-corrected chi connectivity index (χ3v) is 3.60. The number of aromatic nitrogens is 2. The van der Waals surface area contributed by atoms with E-state index in [1.807, 2.05) is 18.5 Å². The molecule has 0 bridgehead atoms. The van der Waals surface area contributed by atoms with E-state index in [0.717, 1.165) is 29.3 Å². The van der Waals surface area contributed by atoms with Crippen LogP contribution < -0.4 is 5.32 Å². The number of furan rings is 1. The van der Waals surface area contributed by atoms with Gasteiger partial charge < -0.3 is 9.73 Å². The molecule has 4 nitrogen and oxygen atoms in total. The molecule has 0 radical (unpaired) electrons. The Hall–Kier alpha value is -1.26. The number of aryl methyl sites for hydroxylation is 1. The summed E-state index contributed by atoms with van der Waals surface area (Å²) in [5, 5.41) is 8.39. The van der Waals surface area contributed by atoms with Gasteiger partial charge in [-0.05, 0) is 40.7 Å². The fraction of sp³-hybridized carbons (Fsp3) is 0.533. The van der Waals surface area contributed by atoms with Crippen LogP contribution in [0.4, 0.5) is 0 Å². The maximum atomic E-state index is 6.02. The third-order valence-electron chi connectivity index (χ3n) is 3.23. The molecular weight excluding hydrogens is 274 g/mol. The average molecular weight is 296 g/mol. The Balaban J connectivity index is 2.10. The van der Waals surface area contributed by atoms with Crippen molar-refractivity contribution in [2.75, 3.05) is 0 Å². The predicted octanol–water partition coefficient (Wildman–Crippen LogP) is 3.68. The van der Waals surface area contributed by atoms with Gasteiger partial charge in [0.2, 0.25) is 0 Å². The number of halogens is 1. The van der Waals surface area contributed by atoms with Crippen molar-refractivity contribution < 1.29 is 4.42 Å². The van der Waals surface area contributed by atoms with Gasteiger partial charge in [0.25, 0.3) is 0 Å². The SMILES string of the molecule is Cc1oc(CNC(C)(C)C)cc1Cn1ncc(Cl)c1C. The monoisotopic (exact) mass is 295 g/mol. The van der Waals surface area contributed by atoms with Crippen molar-refractivity contribution in [3.05, 3.63) is 40.1 Å². The van der Waals surface area contributed by atoms with Crippen molar-refractivity contribution in [3.63, 3.8) is 0 Å². The summed E-state index contributed by atoms with van der Waals surface area (Å²) in [6.07, 6.45) is 1.67. The van der Waals surface area contributed by atoms with Gasteiger partial charge >= 0.3 is 0 Å². The lowest BCUT2D eigenvalue weighted by atomic mass is 10.1. The molecule has 0 aliphatic heterocycles. The van der Waals surface area contributed by atoms with E-state index in [-0.39, 0.29) is 5.54 Å². The topological polar surface area (TPSA) is 43.0 Å². The second-order valence-electron chi connectivity index (χ2n) is 6.13. The maximum Gasteiger partial charge on any atom is 0.118 e. The summed E-state index contributed by atoms with van der Waals surface area (Å²) in [4.78, 5) is 0. The van der Waals surface area contributed by atoms with Crippen LogP contribution in [0, 0.1) is 13.8 Å². The molecule has 0 aromatic carbocycles. The van der Waals surface area contributed by atoms with E-state index in [1.54, 1.807) is 6.20 Å². The summed E-state index contributed by atoms with van der Waals surface area (Å²) in [6, 6.07) is 2.09. The third kappa shape index (κ3) is 3.64. The van der Waals surface area contributed by atoms with Gasteiger partial charge in [-0.2, -0.15) is 5.10 Å². The van der Waals surface area contributed by atoms with Gasteiger partial charge in [-0.25, -0.2) is 0 Å². The number of nitrogens with one attached hydrogen (secondary N) is 1. The summed E-state index contributed by atoms with van der Waals surface area (Å²) in [5.41, 5.74) is 2.19. The highest BCUT2D eigenvalue weighted by Crippen LogP contribution is 2.19. The van der Waals surface area contributed by atoms with Gasteiger partial charge in [-0.15, -0.1) is 0 Å². The zero-order chi connectivity index (χ0) is 14.9. The molecule has 0 saturated heterocycles. The van der Waals surface area contributed by atoms with Crippen molar-refractivity contribution in [1.29, 1.82) is 0 Å². The van der Waals surface area contributed by atoms with Crippen LogP contribution in [-0.2, 0) is 13.1 Å². The molecule has 0 saturated carbocycles. The summed E-state index contributed by atoms with van der Waals surface area (Å²) in [7, 11) is 0. The molecule has 2 rings (SSSR count). The standard InChI is InChI=1S/C15H22ClN3O/c1-10-14(16)8-18-19(10)9-12-6-13(20-11(12)2)7-17-15(3,4)5/h6,8,17H,7,9H2,1-5H3. The molecule has 1 N–H and O–H groups in total. The van der Waals surface area contributed by atoms with Gasteiger partial charge in [0.05, 0.1) is 30.0 Å². The van der Waals surface area contributed by atoms with Crippen LogP contribution in [0.15, 0.2) is 16.7 Å². The predicted molar refractivity (Wildman–Crippen MR) is 81.1 cm³/mol. The first-order chi connectivity index (χ1) is 9.26. The first-order valence-electron chi connectivity index (χ1n) is 6.77. The van der Waals surface area contributed by atoms with Crippen LogP contribution in [0.2, 0.25) is 5.02 Å². The molecule has 0 amide bonds. The molecule has 0 unspecified atom stereocenters. The Bertz CT molecular complexity index is 593. The van der Waals surface area contributed by atoms with E-state index in [2.05, 4.69) is 37.3 Å². The van der Waals surface area contributed by atoms with Gasteiger partial charge in [0.1, 0.15) is 11.5 Å². The molecule has 2 heterocycles. The lowest BCUT2D eigenvalue weighted by Gasteiger charge is -2.19. The highest BCUT2D eigenvalue weighted by atomic mass is 35.5. The Morgan fingerprint density at radius 1 is 1.35 bits per heavy atom. The van der Waals surface area contributed by atoms with E-state index >= 15 is 0 Å². The Labute approximate surface area is 125 Å². The van der Waals surface area contributed by atoms with E-state index < -0.39 is 0 Å². The van der Waals surface area contributed by atoms with Crippen molar-refractivity contribution in [2.24, 2.45) is 0 Å². The number of rotatable bonds is 4. The van der Waals surface area contributed by atoms with Gasteiger partial charge in [0.15, 0.2) is 0 Å². The largest absolute Gasteiger partial charge is 0.465 e.